The maximum absolute atomic E-state index is 11.5. The Kier molecular flexibility index (Phi) is 7.71. The van der Waals surface area contributed by atoms with Crippen LogP contribution in [0.2, 0.25) is 0 Å². The SMILES string of the molecule is CCC(C)CC(=O)C(N)CCCOC. The Bertz CT molecular complexity index is 159. The summed E-state index contributed by atoms with van der Waals surface area (Å²) in [6, 6.07) is -0.292. The summed E-state index contributed by atoms with van der Waals surface area (Å²) in [6.07, 6.45) is 3.26. The average Bonchev–Trinajstić information content (AvgIpc) is 2.17. The summed E-state index contributed by atoms with van der Waals surface area (Å²) in [7, 11) is 1.66. The third-order valence-electron chi connectivity index (χ3n) is 2.52. The predicted octanol–water partition coefficient (Wildman–Crippen LogP) is 1.75. The van der Waals surface area contributed by atoms with Crippen LogP contribution in [0.15, 0.2) is 0 Å². The maximum atomic E-state index is 11.5. The van der Waals surface area contributed by atoms with Gasteiger partial charge in [0, 0.05) is 20.1 Å². The second-order valence-electron chi connectivity index (χ2n) is 3.93. The van der Waals surface area contributed by atoms with E-state index in [2.05, 4.69) is 13.8 Å². The molecule has 0 saturated heterocycles. The summed E-state index contributed by atoms with van der Waals surface area (Å²) < 4.78 is 4.91. The Morgan fingerprint density at radius 1 is 1.50 bits per heavy atom. The molecule has 0 amide bonds. The largest absolute Gasteiger partial charge is 0.385 e. The zero-order valence-electron chi connectivity index (χ0n) is 9.58. The van der Waals surface area contributed by atoms with Crippen molar-refractivity contribution in [2.75, 3.05) is 13.7 Å². The molecule has 0 heterocycles. The van der Waals surface area contributed by atoms with Crippen LogP contribution in [-0.2, 0) is 9.53 Å². The first-order valence-electron chi connectivity index (χ1n) is 5.39. The van der Waals surface area contributed by atoms with Gasteiger partial charge in [0.05, 0.1) is 6.04 Å². The lowest BCUT2D eigenvalue weighted by Crippen LogP contribution is -2.31. The molecule has 0 bridgehead atoms. The van der Waals surface area contributed by atoms with Gasteiger partial charge in [-0.05, 0) is 18.8 Å². The van der Waals surface area contributed by atoms with Crippen molar-refractivity contribution in [2.24, 2.45) is 11.7 Å². The number of carbonyl (C=O) groups is 1. The van der Waals surface area contributed by atoms with E-state index < -0.39 is 0 Å². The molecule has 84 valence electrons. The molecular weight excluding hydrogens is 178 g/mol. The highest BCUT2D eigenvalue weighted by molar-refractivity contribution is 5.83. The van der Waals surface area contributed by atoms with Crippen LogP contribution in [0.3, 0.4) is 0 Å². The van der Waals surface area contributed by atoms with Gasteiger partial charge in [0.25, 0.3) is 0 Å². The lowest BCUT2D eigenvalue weighted by Gasteiger charge is -2.13. The van der Waals surface area contributed by atoms with Crippen molar-refractivity contribution in [2.45, 2.75) is 45.6 Å². The molecule has 14 heavy (non-hydrogen) atoms. The van der Waals surface area contributed by atoms with Crippen LogP contribution in [0, 0.1) is 5.92 Å². The molecule has 2 N–H and O–H groups in total. The van der Waals surface area contributed by atoms with Gasteiger partial charge in [0.2, 0.25) is 0 Å². The third-order valence-corrected chi connectivity index (χ3v) is 2.52. The van der Waals surface area contributed by atoms with Gasteiger partial charge in [-0.2, -0.15) is 0 Å². The van der Waals surface area contributed by atoms with Crippen LogP contribution in [0.4, 0.5) is 0 Å². The minimum Gasteiger partial charge on any atom is -0.385 e. The second kappa shape index (κ2) is 7.94. The average molecular weight is 201 g/mol. The number of hydrogen-bond acceptors (Lipinski definition) is 3. The van der Waals surface area contributed by atoms with E-state index in [1.54, 1.807) is 7.11 Å². The van der Waals surface area contributed by atoms with Crippen molar-refractivity contribution in [3.8, 4) is 0 Å². The van der Waals surface area contributed by atoms with Gasteiger partial charge in [-0.25, -0.2) is 0 Å². The van der Waals surface area contributed by atoms with Gasteiger partial charge >= 0.3 is 0 Å². The van der Waals surface area contributed by atoms with E-state index in [4.69, 9.17) is 10.5 Å². The molecule has 0 aromatic rings. The topological polar surface area (TPSA) is 52.3 Å². The minimum absolute atomic E-state index is 0.190. The molecule has 0 saturated carbocycles. The normalized spacial score (nSPS) is 15.1. The molecule has 3 heteroatoms. The highest BCUT2D eigenvalue weighted by Crippen LogP contribution is 2.09. The van der Waals surface area contributed by atoms with E-state index in [1.165, 1.54) is 0 Å². The molecule has 0 rings (SSSR count). The molecule has 0 aliphatic heterocycles. The van der Waals surface area contributed by atoms with Gasteiger partial charge in [-0.3, -0.25) is 4.79 Å². The van der Waals surface area contributed by atoms with Crippen LogP contribution >= 0.6 is 0 Å². The Morgan fingerprint density at radius 3 is 2.64 bits per heavy atom. The van der Waals surface area contributed by atoms with Crippen LogP contribution < -0.4 is 5.73 Å². The van der Waals surface area contributed by atoms with Crippen molar-refractivity contribution >= 4 is 5.78 Å². The Morgan fingerprint density at radius 2 is 2.14 bits per heavy atom. The third kappa shape index (κ3) is 6.11. The number of carbonyl (C=O) groups excluding carboxylic acids is 1. The highest BCUT2D eigenvalue weighted by atomic mass is 16.5. The lowest BCUT2D eigenvalue weighted by atomic mass is 9.96. The second-order valence-corrected chi connectivity index (χ2v) is 3.93. The number of hydrogen-bond donors (Lipinski definition) is 1. The number of methoxy groups -OCH3 is 1. The molecular formula is C11H23NO2. The Balaban J connectivity index is 3.64. The number of ketones is 1. The monoisotopic (exact) mass is 201 g/mol. The van der Waals surface area contributed by atoms with E-state index in [-0.39, 0.29) is 11.8 Å². The van der Waals surface area contributed by atoms with Gasteiger partial charge < -0.3 is 10.5 Å². The zero-order chi connectivity index (χ0) is 11.0. The maximum Gasteiger partial charge on any atom is 0.149 e. The first-order valence-corrected chi connectivity index (χ1v) is 5.39. The zero-order valence-corrected chi connectivity index (χ0v) is 9.58. The summed E-state index contributed by atoms with van der Waals surface area (Å²) in [5.41, 5.74) is 5.76. The Labute approximate surface area is 87.0 Å². The van der Waals surface area contributed by atoms with Gasteiger partial charge in [-0.1, -0.05) is 20.3 Å². The van der Waals surface area contributed by atoms with E-state index in [9.17, 15) is 4.79 Å². The fourth-order valence-electron chi connectivity index (χ4n) is 1.25. The molecule has 2 unspecified atom stereocenters. The van der Waals surface area contributed by atoms with Gasteiger partial charge in [0.15, 0.2) is 0 Å². The van der Waals surface area contributed by atoms with E-state index in [1.807, 2.05) is 0 Å². The van der Waals surface area contributed by atoms with Crippen molar-refractivity contribution < 1.29 is 9.53 Å². The van der Waals surface area contributed by atoms with Crippen LogP contribution in [0.25, 0.3) is 0 Å². The summed E-state index contributed by atoms with van der Waals surface area (Å²) in [5, 5.41) is 0. The number of nitrogens with two attached hydrogens (primary N) is 1. The predicted molar refractivity (Wildman–Crippen MR) is 58.2 cm³/mol. The van der Waals surface area contributed by atoms with Crippen LogP contribution in [0.1, 0.15) is 39.5 Å². The highest BCUT2D eigenvalue weighted by Gasteiger charge is 2.15. The molecule has 0 radical (unpaired) electrons. The van der Waals surface area contributed by atoms with Crippen LogP contribution in [0.5, 0.6) is 0 Å². The van der Waals surface area contributed by atoms with Crippen LogP contribution in [-0.4, -0.2) is 25.5 Å². The number of rotatable bonds is 8. The standard InChI is InChI=1S/C11H23NO2/c1-4-9(2)8-11(13)10(12)6-5-7-14-3/h9-10H,4-8,12H2,1-3H3. The van der Waals surface area contributed by atoms with Crippen molar-refractivity contribution in [1.29, 1.82) is 0 Å². The van der Waals surface area contributed by atoms with E-state index >= 15 is 0 Å². The molecule has 0 aliphatic rings. The molecule has 0 aromatic carbocycles. The molecule has 0 aliphatic carbocycles. The lowest BCUT2D eigenvalue weighted by molar-refractivity contribution is -0.121. The van der Waals surface area contributed by atoms with Crippen molar-refractivity contribution in [3.05, 3.63) is 0 Å². The Hall–Kier alpha value is -0.410. The number of Topliss-reactive ketones (excluding diaryl/α,β-unsaturated/α-hetero) is 1. The molecule has 2 atom stereocenters. The quantitative estimate of drug-likeness (QED) is 0.609. The molecule has 0 spiro atoms. The van der Waals surface area contributed by atoms with E-state index in [0.29, 0.717) is 18.9 Å². The minimum atomic E-state index is -0.292. The molecule has 0 aromatic heterocycles. The fraction of sp³-hybridized carbons (Fsp3) is 0.909. The first kappa shape index (κ1) is 13.6. The van der Waals surface area contributed by atoms with Crippen molar-refractivity contribution in [3.63, 3.8) is 0 Å². The van der Waals surface area contributed by atoms with Crippen molar-refractivity contribution in [1.82, 2.24) is 0 Å². The van der Waals surface area contributed by atoms with Gasteiger partial charge in [0.1, 0.15) is 5.78 Å². The summed E-state index contributed by atoms with van der Waals surface area (Å²) >= 11 is 0. The van der Waals surface area contributed by atoms with Gasteiger partial charge in [-0.15, -0.1) is 0 Å². The summed E-state index contributed by atoms with van der Waals surface area (Å²) in [4.78, 5) is 11.5. The summed E-state index contributed by atoms with van der Waals surface area (Å²) in [5.74, 6) is 0.645. The fourth-order valence-corrected chi connectivity index (χ4v) is 1.25. The molecule has 0 fully saturated rings. The summed E-state index contributed by atoms with van der Waals surface area (Å²) in [6.45, 7) is 4.86. The smallest absolute Gasteiger partial charge is 0.149 e. The molecule has 3 nitrogen and oxygen atoms in total. The number of ether oxygens (including phenoxy) is 1. The first-order chi connectivity index (χ1) is 6.61. The van der Waals surface area contributed by atoms with E-state index in [0.717, 1.165) is 19.3 Å².